The normalized spacial score (nSPS) is 12.4. The van der Waals surface area contributed by atoms with Crippen molar-refractivity contribution in [2.24, 2.45) is 0 Å². The lowest BCUT2D eigenvalue weighted by Gasteiger charge is -2.18. The van der Waals surface area contributed by atoms with Crippen LogP contribution in [0.3, 0.4) is 0 Å². The van der Waals surface area contributed by atoms with Gasteiger partial charge in [-0.1, -0.05) is 17.7 Å². The average molecular weight is 267 g/mol. The van der Waals surface area contributed by atoms with Gasteiger partial charge in [-0.2, -0.15) is 0 Å². The standard InChI is InChI=1S/C15H25NO3/c1-12-5-6-15(18-4)14(11-12)13(2)16-7-8-19-10-9-17-3/h5-6,11,13,16H,7-10H2,1-4H3. The minimum atomic E-state index is 0.237. The Morgan fingerprint density at radius 2 is 1.95 bits per heavy atom. The van der Waals surface area contributed by atoms with Crippen LogP contribution in [0, 0.1) is 6.92 Å². The maximum atomic E-state index is 5.42. The van der Waals surface area contributed by atoms with Gasteiger partial charge < -0.3 is 19.5 Å². The van der Waals surface area contributed by atoms with Crippen LogP contribution >= 0.6 is 0 Å². The molecule has 0 aliphatic heterocycles. The van der Waals surface area contributed by atoms with Gasteiger partial charge in [-0.25, -0.2) is 0 Å². The van der Waals surface area contributed by atoms with Gasteiger partial charge >= 0.3 is 0 Å². The van der Waals surface area contributed by atoms with Gasteiger partial charge in [0.15, 0.2) is 0 Å². The van der Waals surface area contributed by atoms with Crippen LogP contribution in [-0.2, 0) is 9.47 Å². The monoisotopic (exact) mass is 267 g/mol. The second-order valence-corrected chi connectivity index (χ2v) is 4.53. The van der Waals surface area contributed by atoms with Crippen LogP contribution in [0.15, 0.2) is 18.2 Å². The zero-order valence-corrected chi connectivity index (χ0v) is 12.4. The number of aryl methyl sites for hydroxylation is 1. The summed E-state index contributed by atoms with van der Waals surface area (Å²) in [7, 11) is 3.38. The van der Waals surface area contributed by atoms with E-state index < -0.39 is 0 Å². The van der Waals surface area contributed by atoms with Crippen molar-refractivity contribution in [2.75, 3.05) is 40.6 Å². The minimum Gasteiger partial charge on any atom is -0.496 e. The Kier molecular flexibility index (Phi) is 7.48. The van der Waals surface area contributed by atoms with Crippen molar-refractivity contribution in [3.8, 4) is 5.75 Å². The third kappa shape index (κ3) is 5.59. The van der Waals surface area contributed by atoms with Gasteiger partial charge in [0, 0.05) is 25.3 Å². The summed E-state index contributed by atoms with van der Waals surface area (Å²) in [5, 5.41) is 3.43. The highest BCUT2D eigenvalue weighted by atomic mass is 16.5. The Balaban J connectivity index is 2.40. The molecule has 0 aliphatic rings. The van der Waals surface area contributed by atoms with Crippen LogP contribution in [-0.4, -0.2) is 40.6 Å². The Morgan fingerprint density at radius 1 is 1.16 bits per heavy atom. The van der Waals surface area contributed by atoms with E-state index in [1.54, 1.807) is 14.2 Å². The zero-order valence-electron chi connectivity index (χ0n) is 12.4. The molecule has 0 bridgehead atoms. The number of methoxy groups -OCH3 is 2. The van der Waals surface area contributed by atoms with Gasteiger partial charge in [0.25, 0.3) is 0 Å². The van der Waals surface area contributed by atoms with Crippen LogP contribution in [0.4, 0.5) is 0 Å². The maximum Gasteiger partial charge on any atom is 0.123 e. The number of hydrogen-bond donors (Lipinski definition) is 1. The number of hydrogen-bond acceptors (Lipinski definition) is 4. The lowest BCUT2D eigenvalue weighted by atomic mass is 10.0. The second kappa shape index (κ2) is 8.91. The van der Waals surface area contributed by atoms with Crippen molar-refractivity contribution in [1.82, 2.24) is 5.32 Å². The molecule has 4 nitrogen and oxygen atoms in total. The molecule has 0 saturated heterocycles. The molecule has 108 valence electrons. The van der Waals surface area contributed by atoms with E-state index in [1.165, 1.54) is 11.1 Å². The lowest BCUT2D eigenvalue weighted by molar-refractivity contribution is 0.0712. The van der Waals surface area contributed by atoms with E-state index in [0.29, 0.717) is 19.8 Å². The first-order valence-corrected chi connectivity index (χ1v) is 6.63. The number of benzene rings is 1. The van der Waals surface area contributed by atoms with E-state index in [0.717, 1.165) is 12.3 Å². The van der Waals surface area contributed by atoms with Gasteiger partial charge in [0.05, 0.1) is 26.9 Å². The fourth-order valence-corrected chi connectivity index (χ4v) is 1.89. The highest BCUT2D eigenvalue weighted by Gasteiger charge is 2.10. The van der Waals surface area contributed by atoms with Gasteiger partial charge in [0.1, 0.15) is 5.75 Å². The first-order chi connectivity index (χ1) is 9.19. The predicted molar refractivity (Wildman–Crippen MR) is 76.8 cm³/mol. The molecule has 4 heteroatoms. The maximum absolute atomic E-state index is 5.42. The Bertz CT molecular complexity index is 368. The third-order valence-electron chi connectivity index (χ3n) is 2.98. The molecule has 0 aromatic heterocycles. The predicted octanol–water partition coefficient (Wildman–Crippen LogP) is 2.32. The molecule has 0 amide bonds. The summed E-state index contributed by atoms with van der Waals surface area (Å²) in [4.78, 5) is 0. The van der Waals surface area contributed by atoms with Crippen LogP contribution in [0.25, 0.3) is 0 Å². The third-order valence-corrected chi connectivity index (χ3v) is 2.98. The zero-order chi connectivity index (χ0) is 14.1. The summed E-state index contributed by atoms with van der Waals surface area (Å²) in [6, 6.07) is 6.46. The Morgan fingerprint density at radius 3 is 2.63 bits per heavy atom. The number of ether oxygens (including phenoxy) is 3. The highest BCUT2D eigenvalue weighted by molar-refractivity contribution is 5.38. The molecule has 1 N–H and O–H groups in total. The lowest BCUT2D eigenvalue weighted by Crippen LogP contribution is -2.24. The number of rotatable bonds is 9. The average Bonchev–Trinajstić information content (AvgIpc) is 2.42. The molecule has 1 aromatic rings. The van der Waals surface area contributed by atoms with E-state index in [-0.39, 0.29) is 6.04 Å². The molecule has 0 heterocycles. The minimum absolute atomic E-state index is 0.237. The summed E-state index contributed by atoms with van der Waals surface area (Å²) in [5.41, 5.74) is 2.42. The molecule has 1 unspecified atom stereocenters. The first kappa shape index (κ1) is 16.0. The SMILES string of the molecule is COCCOCCNC(C)c1cc(C)ccc1OC. The van der Waals surface area contributed by atoms with Crippen molar-refractivity contribution < 1.29 is 14.2 Å². The summed E-state index contributed by atoms with van der Waals surface area (Å²) in [5.74, 6) is 0.922. The van der Waals surface area contributed by atoms with Crippen molar-refractivity contribution in [3.63, 3.8) is 0 Å². The van der Waals surface area contributed by atoms with E-state index in [1.807, 2.05) is 6.07 Å². The van der Waals surface area contributed by atoms with Crippen LogP contribution in [0.1, 0.15) is 24.1 Å². The van der Waals surface area contributed by atoms with E-state index in [2.05, 4.69) is 31.3 Å². The second-order valence-electron chi connectivity index (χ2n) is 4.53. The molecule has 1 atom stereocenters. The summed E-state index contributed by atoms with van der Waals surface area (Å²) in [6.07, 6.45) is 0. The molecular formula is C15H25NO3. The fourth-order valence-electron chi connectivity index (χ4n) is 1.89. The van der Waals surface area contributed by atoms with Crippen LogP contribution < -0.4 is 10.1 Å². The van der Waals surface area contributed by atoms with Crippen LogP contribution in [0.5, 0.6) is 5.75 Å². The Labute approximate surface area is 116 Å². The summed E-state index contributed by atoms with van der Waals surface area (Å²) in [6.45, 7) is 6.99. The fraction of sp³-hybridized carbons (Fsp3) is 0.600. The summed E-state index contributed by atoms with van der Waals surface area (Å²) < 4.78 is 15.7. The van der Waals surface area contributed by atoms with Crippen molar-refractivity contribution in [2.45, 2.75) is 19.9 Å². The highest BCUT2D eigenvalue weighted by Crippen LogP contribution is 2.25. The van der Waals surface area contributed by atoms with E-state index in [4.69, 9.17) is 14.2 Å². The molecule has 0 radical (unpaired) electrons. The van der Waals surface area contributed by atoms with Crippen molar-refractivity contribution in [3.05, 3.63) is 29.3 Å². The van der Waals surface area contributed by atoms with Gasteiger partial charge in [0.2, 0.25) is 0 Å². The van der Waals surface area contributed by atoms with Crippen LogP contribution in [0.2, 0.25) is 0 Å². The molecular weight excluding hydrogens is 242 g/mol. The molecule has 1 rings (SSSR count). The quantitative estimate of drug-likeness (QED) is 0.697. The molecule has 1 aromatic carbocycles. The molecule has 0 saturated carbocycles. The molecule has 0 aliphatic carbocycles. The number of nitrogens with one attached hydrogen (secondary N) is 1. The summed E-state index contributed by atoms with van der Waals surface area (Å²) >= 11 is 0. The largest absolute Gasteiger partial charge is 0.496 e. The topological polar surface area (TPSA) is 39.7 Å². The van der Waals surface area contributed by atoms with Gasteiger partial charge in [-0.05, 0) is 19.9 Å². The molecule has 0 spiro atoms. The first-order valence-electron chi connectivity index (χ1n) is 6.63. The van der Waals surface area contributed by atoms with E-state index >= 15 is 0 Å². The Hall–Kier alpha value is -1.10. The van der Waals surface area contributed by atoms with Crippen molar-refractivity contribution >= 4 is 0 Å². The van der Waals surface area contributed by atoms with E-state index in [9.17, 15) is 0 Å². The molecule has 19 heavy (non-hydrogen) atoms. The van der Waals surface area contributed by atoms with Gasteiger partial charge in [-0.15, -0.1) is 0 Å². The van der Waals surface area contributed by atoms with Crippen molar-refractivity contribution in [1.29, 1.82) is 0 Å². The smallest absolute Gasteiger partial charge is 0.123 e. The van der Waals surface area contributed by atoms with Gasteiger partial charge in [-0.3, -0.25) is 0 Å². The molecule has 0 fully saturated rings.